The van der Waals surface area contributed by atoms with Gasteiger partial charge in [-0.25, -0.2) is 4.57 Å². The minimum atomic E-state index is -4.27. The van der Waals surface area contributed by atoms with Crippen molar-refractivity contribution in [3.63, 3.8) is 0 Å². The minimum Gasteiger partial charge on any atom is -0.303 e. The van der Waals surface area contributed by atoms with Crippen LogP contribution in [0, 0.1) is 0 Å². The predicted molar refractivity (Wildman–Crippen MR) is 119 cm³/mol. The van der Waals surface area contributed by atoms with Gasteiger partial charge >= 0.3 is 7.82 Å². The third-order valence-electron chi connectivity index (χ3n) is 4.83. The maximum atomic E-state index is 10.5. The first-order chi connectivity index (χ1) is 13.1. The van der Waals surface area contributed by atoms with Gasteiger partial charge in [-0.2, -0.15) is 11.8 Å². The Labute approximate surface area is 172 Å². The fourth-order valence-corrected chi connectivity index (χ4v) is 4.50. The highest BCUT2D eigenvalue weighted by Crippen LogP contribution is 2.35. The van der Waals surface area contributed by atoms with Crippen LogP contribution in [0.1, 0.15) is 116 Å². The molecule has 4 nitrogen and oxygen atoms in total. The van der Waals surface area contributed by atoms with Crippen molar-refractivity contribution in [3.05, 3.63) is 0 Å². The van der Waals surface area contributed by atoms with E-state index in [0.29, 0.717) is 6.42 Å². The quantitative estimate of drug-likeness (QED) is 0.139. The Balaban J connectivity index is 3.02. The van der Waals surface area contributed by atoms with Gasteiger partial charge in [-0.05, 0) is 24.3 Å². The molecule has 0 saturated carbocycles. The first-order valence-corrected chi connectivity index (χ1v) is 14.0. The molecule has 0 aromatic rings. The molecule has 0 heterocycles. The lowest BCUT2D eigenvalue weighted by Crippen LogP contribution is -1.94. The molecule has 27 heavy (non-hydrogen) atoms. The second kappa shape index (κ2) is 21.2. The summed E-state index contributed by atoms with van der Waals surface area (Å²) in [7, 11) is -4.27. The summed E-state index contributed by atoms with van der Waals surface area (Å²) in [6.07, 6.45) is 23.0. The van der Waals surface area contributed by atoms with Crippen molar-refractivity contribution in [1.82, 2.24) is 0 Å². The fourth-order valence-electron chi connectivity index (χ4n) is 3.20. The lowest BCUT2D eigenvalue weighted by molar-refractivity contribution is 0.198. The number of phosphoric ester groups is 1. The number of hydrogen-bond donors (Lipinski definition) is 2. The minimum absolute atomic E-state index is 0.149. The van der Waals surface area contributed by atoms with Gasteiger partial charge in [0, 0.05) is 0 Å². The highest BCUT2D eigenvalue weighted by Gasteiger charge is 2.12. The van der Waals surface area contributed by atoms with E-state index in [1.807, 2.05) is 11.8 Å². The van der Waals surface area contributed by atoms with Crippen LogP contribution in [0.3, 0.4) is 0 Å². The van der Waals surface area contributed by atoms with Crippen LogP contribution in [0.25, 0.3) is 0 Å². The Morgan fingerprint density at radius 1 is 0.630 bits per heavy atom. The van der Waals surface area contributed by atoms with E-state index < -0.39 is 7.82 Å². The molecule has 0 radical (unpaired) electrons. The molecule has 164 valence electrons. The topological polar surface area (TPSA) is 66.8 Å². The highest BCUT2D eigenvalue weighted by molar-refractivity contribution is 7.99. The maximum Gasteiger partial charge on any atom is 0.469 e. The SMILES string of the molecule is CCCCCCCCCCCCCCCCCCSCCCOP(=O)(O)O. The molecular weight excluding hydrogens is 379 g/mol. The summed E-state index contributed by atoms with van der Waals surface area (Å²) < 4.78 is 14.9. The molecule has 6 heteroatoms. The van der Waals surface area contributed by atoms with E-state index in [1.54, 1.807) is 0 Å². The molecule has 0 spiro atoms. The predicted octanol–water partition coefficient (Wildman–Crippen LogP) is 7.48. The number of unbranched alkanes of at least 4 members (excludes halogenated alkanes) is 15. The van der Waals surface area contributed by atoms with Crippen LogP contribution in [0.15, 0.2) is 0 Å². The Hall–Kier alpha value is 0.460. The largest absolute Gasteiger partial charge is 0.469 e. The molecule has 0 atom stereocenters. The first-order valence-electron chi connectivity index (χ1n) is 11.3. The average molecular weight is 425 g/mol. The van der Waals surface area contributed by atoms with Crippen molar-refractivity contribution in [2.24, 2.45) is 0 Å². The van der Waals surface area contributed by atoms with E-state index in [4.69, 9.17) is 9.79 Å². The summed E-state index contributed by atoms with van der Waals surface area (Å²) in [6.45, 7) is 2.43. The van der Waals surface area contributed by atoms with Gasteiger partial charge in [0.15, 0.2) is 0 Å². The third-order valence-corrected chi connectivity index (χ3v) is 6.51. The molecule has 0 bridgehead atoms. The van der Waals surface area contributed by atoms with Gasteiger partial charge in [0.2, 0.25) is 0 Å². The number of hydrogen-bond acceptors (Lipinski definition) is 3. The zero-order valence-corrected chi connectivity index (χ0v) is 19.4. The lowest BCUT2D eigenvalue weighted by atomic mass is 10.0. The van der Waals surface area contributed by atoms with Crippen molar-refractivity contribution >= 4 is 19.6 Å². The summed E-state index contributed by atoms with van der Waals surface area (Å²) in [5, 5.41) is 0. The van der Waals surface area contributed by atoms with Gasteiger partial charge in [0.05, 0.1) is 6.61 Å². The third kappa shape index (κ3) is 26.5. The van der Waals surface area contributed by atoms with Crippen molar-refractivity contribution in [1.29, 1.82) is 0 Å². The van der Waals surface area contributed by atoms with E-state index in [1.165, 1.54) is 103 Å². The van der Waals surface area contributed by atoms with E-state index in [2.05, 4.69) is 11.4 Å². The molecule has 0 aliphatic rings. The molecule has 0 amide bonds. The Kier molecular flexibility index (Phi) is 21.5. The number of phosphoric acid groups is 1. The Bertz CT molecular complexity index is 336. The monoisotopic (exact) mass is 424 g/mol. The molecular formula is C21H45O4PS. The van der Waals surface area contributed by atoms with E-state index in [9.17, 15) is 4.57 Å². The van der Waals surface area contributed by atoms with E-state index in [-0.39, 0.29) is 6.61 Å². The summed E-state index contributed by atoms with van der Waals surface area (Å²) >= 11 is 1.86. The Morgan fingerprint density at radius 2 is 1.00 bits per heavy atom. The standard InChI is InChI=1S/C21H45O4PS/c1-2-3-4-5-6-7-8-9-10-11-12-13-14-15-16-17-20-27-21-18-19-25-26(22,23)24/h2-21H2,1H3,(H2,22,23,24). The molecule has 0 fully saturated rings. The van der Waals surface area contributed by atoms with E-state index in [0.717, 1.165) is 11.5 Å². The fraction of sp³-hybridized carbons (Fsp3) is 1.00. The van der Waals surface area contributed by atoms with Gasteiger partial charge in [0.1, 0.15) is 0 Å². The molecule has 0 aromatic carbocycles. The van der Waals surface area contributed by atoms with Crippen LogP contribution in [-0.2, 0) is 9.09 Å². The molecule has 0 aromatic heterocycles. The molecule has 0 rings (SSSR count). The second-order valence-corrected chi connectivity index (χ2v) is 10.1. The first kappa shape index (κ1) is 27.5. The number of thioether (sulfide) groups is 1. The van der Waals surface area contributed by atoms with Crippen LogP contribution in [0.5, 0.6) is 0 Å². The van der Waals surface area contributed by atoms with Crippen LogP contribution in [0.4, 0.5) is 0 Å². The summed E-state index contributed by atoms with van der Waals surface area (Å²) in [5.41, 5.74) is 0. The number of rotatable bonds is 22. The van der Waals surface area contributed by atoms with Crippen LogP contribution >= 0.6 is 19.6 Å². The molecule has 0 aliphatic carbocycles. The van der Waals surface area contributed by atoms with Gasteiger partial charge in [-0.3, -0.25) is 4.52 Å². The molecule has 0 unspecified atom stereocenters. The zero-order valence-electron chi connectivity index (χ0n) is 17.7. The molecule has 0 aliphatic heterocycles. The summed E-state index contributed by atoms with van der Waals surface area (Å²) in [5.74, 6) is 2.06. The van der Waals surface area contributed by atoms with Crippen molar-refractivity contribution < 1.29 is 18.9 Å². The highest BCUT2D eigenvalue weighted by atomic mass is 32.2. The van der Waals surface area contributed by atoms with Crippen LogP contribution < -0.4 is 0 Å². The van der Waals surface area contributed by atoms with Gasteiger partial charge in [0.25, 0.3) is 0 Å². The van der Waals surface area contributed by atoms with Crippen LogP contribution in [-0.4, -0.2) is 27.9 Å². The average Bonchev–Trinajstić information content (AvgIpc) is 2.62. The molecule has 2 N–H and O–H groups in total. The van der Waals surface area contributed by atoms with E-state index >= 15 is 0 Å². The van der Waals surface area contributed by atoms with Gasteiger partial charge < -0.3 is 9.79 Å². The van der Waals surface area contributed by atoms with Gasteiger partial charge in [-0.1, -0.05) is 103 Å². The van der Waals surface area contributed by atoms with Crippen molar-refractivity contribution in [2.45, 2.75) is 116 Å². The van der Waals surface area contributed by atoms with Crippen molar-refractivity contribution in [3.8, 4) is 0 Å². The lowest BCUT2D eigenvalue weighted by Gasteiger charge is -2.05. The zero-order chi connectivity index (χ0) is 20.1. The normalized spacial score (nSPS) is 12.0. The van der Waals surface area contributed by atoms with Crippen molar-refractivity contribution in [2.75, 3.05) is 18.1 Å². The van der Waals surface area contributed by atoms with Gasteiger partial charge in [-0.15, -0.1) is 0 Å². The summed E-state index contributed by atoms with van der Waals surface area (Å²) in [4.78, 5) is 17.1. The Morgan fingerprint density at radius 3 is 1.41 bits per heavy atom. The maximum absolute atomic E-state index is 10.5. The smallest absolute Gasteiger partial charge is 0.303 e. The molecule has 0 saturated heterocycles. The van der Waals surface area contributed by atoms with Crippen LogP contribution in [0.2, 0.25) is 0 Å². The summed E-state index contributed by atoms with van der Waals surface area (Å²) in [6, 6.07) is 0. The second-order valence-electron chi connectivity index (χ2n) is 7.59.